The number of halogens is 6. The number of carbonyl (C=O) groups excluding carboxylic acids is 1. The normalized spacial score (nSPS) is 14.7. The van der Waals surface area contributed by atoms with Gasteiger partial charge < -0.3 is 4.74 Å². The highest BCUT2D eigenvalue weighted by Crippen LogP contribution is 2.24. The lowest BCUT2D eigenvalue weighted by molar-refractivity contribution is -0.0581. The number of hydrazone groups is 2. The highest BCUT2D eigenvalue weighted by molar-refractivity contribution is 6.50. The van der Waals surface area contributed by atoms with E-state index in [0.717, 1.165) is 0 Å². The molecule has 0 bridgehead atoms. The zero-order chi connectivity index (χ0) is 18.1. The molecule has 1 heterocycles. The minimum Gasteiger partial charge on any atom is -0.447 e. The Labute approximate surface area is 130 Å². The summed E-state index contributed by atoms with van der Waals surface area (Å²) < 4.78 is 83.0. The van der Waals surface area contributed by atoms with Gasteiger partial charge in [-0.15, -0.1) is 5.10 Å². The average molecular weight is 354 g/mol. The van der Waals surface area contributed by atoms with Crippen LogP contribution in [0.5, 0.6) is 0 Å². The number of hydrogen-bond acceptors (Lipinski definition) is 5. The zero-order valence-electron chi connectivity index (χ0n) is 11.8. The van der Waals surface area contributed by atoms with Gasteiger partial charge in [0.25, 0.3) is 0 Å². The van der Waals surface area contributed by atoms with Crippen molar-refractivity contribution in [3.05, 3.63) is 35.1 Å². The van der Waals surface area contributed by atoms with E-state index in [2.05, 4.69) is 14.9 Å². The number of amides is 1. The highest BCUT2D eigenvalue weighted by atomic mass is 19.4. The molecule has 2 rings (SSSR count). The van der Waals surface area contributed by atoms with Crippen LogP contribution in [-0.4, -0.2) is 35.4 Å². The van der Waals surface area contributed by atoms with Crippen LogP contribution in [-0.2, 0) is 4.74 Å². The Hall–Kier alpha value is -2.79. The number of nitrogens with one attached hydrogen (secondary N) is 1. The Balaban J connectivity index is 2.54. The van der Waals surface area contributed by atoms with E-state index in [9.17, 15) is 31.1 Å². The van der Waals surface area contributed by atoms with E-state index in [1.807, 2.05) is 0 Å². The molecule has 1 aromatic rings. The fourth-order valence-corrected chi connectivity index (χ4v) is 1.67. The first-order chi connectivity index (χ1) is 11.1. The maximum absolute atomic E-state index is 13.3. The minimum atomic E-state index is -5.06. The third kappa shape index (κ3) is 3.41. The average Bonchev–Trinajstić information content (AvgIpc) is 2.51. The van der Waals surface area contributed by atoms with Gasteiger partial charge in [0, 0.05) is 5.56 Å². The van der Waals surface area contributed by atoms with Crippen molar-refractivity contribution in [3.63, 3.8) is 0 Å². The van der Waals surface area contributed by atoms with E-state index < -0.39 is 46.7 Å². The predicted molar refractivity (Wildman–Crippen MR) is 68.3 cm³/mol. The molecular formula is C12H8F6N4O2. The van der Waals surface area contributed by atoms with Crippen LogP contribution in [0.4, 0.5) is 31.1 Å². The summed E-state index contributed by atoms with van der Waals surface area (Å²) >= 11 is 0. The van der Waals surface area contributed by atoms with Gasteiger partial charge in [-0.1, -0.05) is 5.12 Å². The van der Waals surface area contributed by atoms with Crippen molar-refractivity contribution in [3.8, 4) is 0 Å². The topological polar surface area (TPSA) is 66.3 Å². The van der Waals surface area contributed by atoms with Crippen molar-refractivity contribution >= 4 is 17.5 Å². The number of ether oxygens (including phenoxy) is 1. The molecule has 0 aromatic heterocycles. The zero-order valence-corrected chi connectivity index (χ0v) is 11.8. The predicted octanol–water partition coefficient (Wildman–Crippen LogP) is 2.70. The summed E-state index contributed by atoms with van der Waals surface area (Å²) in [6.45, 7) is 1.32. The van der Waals surface area contributed by atoms with Crippen molar-refractivity contribution in [2.75, 3.05) is 6.61 Å². The number of rotatable bonds is 2. The van der Waals surface area contributed by atoms with Crippen molar-refractivity contribution in [1.29, 1.82) is 0 Å². The monoisotopic (exact) mass is 354 g/mol. The number of carbonyl (C=O) groups is 1. The van der Waals surface area contributed by atoms with Crippen LogP contribution >= 0.6 is 0 Å². The van der Waals surface area contributed by atoms with Crippen molar-refractivity contribution in [2.45, 2.75) is 13.1 Å². The van der Waals surface area contributed by atoms with Gasteiger partial charge >= 0.3 is 12.3 Å². The van der Waals surface area contributed by atoms with Crippen LogP contribution in [0.1, 0.15) is 12.5 Å². The Bertz CT molecular complexity index is 708. The smallest absolute Gasteiger partial charge is 0.447 e. The lowest BCUT2D eigenvalue weighted by Crippen LogP contribution is -2.46. The van der Waals surface area contributed by atoms with Crippen molar-refractivity contribution < 1.29 is 35.9 Å². The second-order valence-electron chi connectivity index (χ2n) is 4.27. The van der Waals surface area contributed by atoms with Gasteiger partial charge in [0.2, 0.25) is 0 Å². The van der Waals surface area contributed by atoms with E-state index in [0.29, 0.717) is 12.1 Å². The van der Waals surface area contributed by atoms with Gasteiger partial charge in [-0.05, 0) is 19.1 Å². The summed E-state index contributed by atoms with van der Waals surface area (Å²) in [7, 11) is 0. The molecule has 0 aliphatic carbocycles. The van der Waals surface area contributed by atoms with Crippen molar-refractivity contribution in [2.24, 2.45) is 10.2 Å². The molecular weight excluding hydrogens is 346 g/mol. The van der Waals surface area contributed by atoms with Gasteiger partial charge in [-0.2, -0.15) is 23.8 Å². The van der Waals surface area contributed by atoms with Crippen molar-refractivity contribution in [1.82, 2.24) is 10.7 Å². The molecule has 1 aliphatic heterocycles. The van der Waals surface area contributed by atoms with E-state index in [4.69, 9.17) is 0 Å². The van der Waals surface area contributed by atoms with E-state index in [1.54, 1.807) is 5.53 Å². The largest absolute Gasteiger partial charge is 0.451 e. The van der Waals surface area contributed by atoms with E-state index in [1.165, 1.54) is 6.92 Å². The molecule has 130 valence electrons. The van der Waals surface area contributed by atoms with Crippen LogP contribution in [0.2, 0.25) is 0 Å². The molecule has 6 nitrogen and oxygen atoms in total. The molecule has 0 saturated heterocycles. The maximum Gasteiger partial charge on any atom is 0.451 e. The molecule has 24 heavy (non-hydrogen) atoms. The van der Waals surface area contributed by atoms with Gasteiger partial charge in [0.15, 0.2) is 23.2 Å². The van der Waals surface area contributed by atoms with Crippen LogP contribution in [0.15, 0.2) is 22.3 Å². The second-order valence-corrected chi connectivity index (χ2v) is 4.27. The number of hydrogen-bond donors (Lipinski definition) is 1. The SMILES string of the molecule is CCOC(=O)N1N=C(c2cc(F)c(F)c(F)c2)C(C(F)(F)F)=NN1. The summed E-state index contributed by atoms with van der Waals surface area (Å²) in [5.41, 5.74) is -1.84. The fraction of sp³-hybridized carbons (Fsp3) is 0.250. The Kier molecular flexibility index (Phi) is 4.66. The summed E-state index contributed by atoms with van der Waals surface area (Å²) in [6, 6.07) is 0.598. The van der Waals surface area contributed by atoms with E-state index >= 15 is 0 Å². The number of hydrazine groups is 1. The highest BCUT2D eigenvalue weighted by Gasteiger charge is 2.43. The summed E-state index contributed by atoms with van der Waals surface area (Å²) in [4.78, 5) is 11.5. The minimum absolute atomic E-state index is 0.114. The molecule has 1 aliphatic rings. The lowest BCUT2D eigenvalue weighted by atomic mass is 10.0. The number of benzene rings is 1. The first kappa shape index (κ1) is 17.6. The van der Waals surface area contributed by atoms with Gasteiger partial charge in [0.05, 0.1) is 6.61 Å². The Morgan fingerprint density at radius 1 is 1.25 bits per heavy atom. The molecule has 1 amide bonds. The summed E-state index contributed by atoms with van der Waals surface area (Å²) in [6.07, 6.45) is -6.27. The molecule has 0 radical (unpaired) electrons. The van der Waals surface area contributed by atoms with Crippen LogP contribution < -0.4 is 5.53 Å². The first-order valence-corrected chi connectivity index (χ1v) is 6.26. The number of nitrogens with zero attached hydrogens (tertiary/aromatic N) is 3. The quantitative estimate of drug-likeness (QED) is 0.656. The first-order valence-electron chi connectivity index (χ1n) is 6.26. The van der Waals surface area contributed by atoms with Crippen LogP contribution in [0.3, 0.4) is 0 Å². The summed E-state index contributed by atoms with van der Waals surface area (Å²) in [5, 5.41) is 6.41. The third-order valence-electron chi connectivity index (χ3n) is 2.65. The molecule has 0 spiro atoms. The van der Waals surface area contributed by atoms with Gasteiger partial charge in [-0.3, -0.25) is 0 Å². The standard InChI is InChI=1S/C12H8F6N4O2/c1-2-24-11(23)22-20-9(10(19-21-22)12(16,17)18)5-3-6(13)8(15)7(14)4-5/h3-4,21H,2H2,1H3. The Morgan fingerprint density at radius 2 is 1.83 bits per heavy atom. The number of alkyl halides is 3. The van der Waals surface area contributed by atoms with Crippen LogP contribution in [0.25, 0.3) is 0 Å². The van der Waals surface area contributed by atoms with Gasteiger partial charge in [0.1, 0.15) is 5.71 Å². The molecule has 0 fully saturated rings. The molecule has 12 heteroatoms. The third-order valence-corrected chi connectivity index (χ3v) is 2.65. The summed E-state index contributed by atoms with van der Waals surface area (Å²) in [5.74, 6) is -5.31. The molecule has 0 unspecified atom stereocenters. The molecule has 1 aromatic carbocycles. The molecule has 0 saturated carbocycles. The second kappa shape index (κ2) is 6.37. The molecule has 0 atom stereocenters. The van der Waals surface area contributed by atoms with E-state index in [-0.39, 0.29) is 11.7 Å². The fourth-order valence-electron chi connectivity index (χ4n) is 1.67. The van der Waals surface area contributed by atoms with Crippen LogP contribution in [0, 0.1) is 17.5 Å². The molecule has 1 N–H and O–H groups in total. The maximum atomic E-state index is 13.3. The Morgan fingerprint density at radius 3 is 2.33 bits per heavy atom. The van der Waals surface area contributed by atoms with Gasteiger partial charge in [-0.25, -0.2) is 18.0 Å². The lowest BCUT2D eigenvalue weighted by Gasteiger charge is -2.23.